The van der Waals surface area contributed by atoms with Crippen LogP contribution in [0.2, 0.25) is 0 Å². The second-order valence-electron chi connectivity index (χ2n) is 3.68. The molecule has 0 aromatic carbocycles. The molecule has 0 radical (unpaired) electrons. The fourth-order valence-electron chi connectivity index (χ4n) is 1.64. The first kappa shape index (κ1) is 10.4. The van der Waals surface area contributed by atoms with E-state index in [-0.39, 0.29) is 0 Å². The van der Waals surface area contributed by atoms with Crippen molar-refractivity contribution in [1.29, 1.82) is 0 Å². The lowest BCUT2D eigenvalue weighted by atomic mass is 10.2. The van der Waals surface area contributed by atoms with Crippen LogP contribution >= 0.6 is 0 Å². The lowest BCUT2D eigenvalue weighted by molar-refractivity contribution is 0.847. The Hall–Kier alpha value is -2.76. The van der Waals surface area contributed by atoms with Gasteiger partial charge in [0.1, 0.15) is 12.1 Å². The Morgan fingerprint density at radius 3 is 2.78 bits per heavy atom. The summed E-state index contributed by atoms with van der Waals surface area (Å²) in [4.78, 5) is 12.3. The molecule has 3 heterocycles. The first-order valence-electron chi connectivity index (χ1n) is 5.37. The third-order valence-corrected chi connectivity index (χ3v) is 2.47. The van der Waals surface area contributed by atoms with Crippen LogP contribution in [0.15, 0.2) is 49.2 Å². The van der Waals surface area contributed by atoms with Crippen molar-refractivity contribution < 1.29 is 0 Å². The average Bonchev–Trinajstić information content (AvgIpc) is 2.93. The molecule has 0 atom stereocenters. The maximum Gasteiger partial charge on any atom is 0.153 e. The number of rotatable bonds is 2. The van der Waals surface area contributed by atoms with Crippen molar-refractivity contribution in [1.82, 2.24) is 24.7 Å². The maximum absolute atomic E-state index is 5.64. The standard InChI is InChI=1S/C12H10N6/c13-11-7-10(15-8-16-11)9-2-4-14-12(6-9)18-5-1-3-17-18/h1-8H,(H2,13,15,16). The minimum atomic E-state index is 0.442. The maximum atomic E-state index is 5.64. The summed E-state index contributed by atoms with van der Waals surface area (Å²) in [6.07, 6.45) is 6.70. The van der Waals surface area contributed by atoms with Crippen LogP contribution in [0.25, 0.3) is 17.1 Å². The number of nitrogens with two attached hydrogens (primary N) is 1. The summed E-state index contributed by atoms with van der Waals surface area (Å²) in [7, 11) is 0. The molecule has 3 aromatic rings. The van der Waals surface area contributed by atoms with Gasteiger partial charge in [-0.3, -0.25) is 0 Å². The Balaban J connectivity index is 2.06. The van der Waals surface area contributed by atoms with Gasteiger partial charge in [-0.1, -0.05) is 0 Å². The van der Waals surface area contributed by atoms with E-state index in [4.69, 9.17) is 5.73 Å². The molecule has 0 spiro atoms. The minimum absolute atomic E-state index is 0.442. The van der Waals surface area contributed by atoms with E-state index in [1.54, 1.807) is 23.1 Å². The lowest BCUT2D eigenvalue weighted by Gasteiger charge is -2.04. The van der Waals surface area contributed by atoms with Gasteiger partial charge in [0.15, 0.2) is 5.82 Å². The van der Waals surface area contributed by atoms with Gasteiger partial charge in [0, 0.05) is 30.2 Å². The van der Waals surface area contributed by atoms with E-state index in [1.807, 2.05) is 24.4 Å². The van der Waals surface area contributed by atoms with Crippen molar-refractivity contribution in [3.8, 4) is 17.1 Å². The summed E-state index contributed by atoms with van der Waals surface area (Å²) in [6, 6.07) is 7.34. The average molecular weight is 238 g/mol. The molecule has 0 aliphatic rings. The van der Waals surface area contributed by atoms with Gasteiger partial charge in [-0.2, -0.15) is 5.10 Å². The van der Waals surface area contributed by atoms with Gasteiger partial charge in [0.05, 0.1) is 5.69 Å². The van der Waals surface area contributed by atoms with Crippen LogP contribution < -0.4 is 5.73 Å². The van der Waals surface area contributed by atoms with Crippen LogP contribution in [-0.2, 0) is 0 Å². The zero-order valence-electron chi connectivity index (χ0n) is 9.43. The van der Waals surface area contributed by atoms with Crippen molar-refractivity contribution >= 4 is 5.82 Å². The first-order chi connectivity index (χ1) is 8.83. The fraction of sp³-hybridized carbons (Fsp3) is 0. The van der Waals surface area contributed by atoms with E-state index in [0.717, 1.165) is 17.1 Å². The van der Waals surface area contributed by atoms with Gasteiger partial charge in [0.2, 0.25) is 0 Å². The number of nitrogen functional groups attached to an aromatic ring is 1. The van der Waals surface area contributed by atoms with E-state index in [0.29, 0.717) is 5.82 Å². The van der Waals surface area contributed by atoms with Crippen molar-refractivity contribution in [3.05, 3.63) is 49.2 Å². The molecule has 6 nitrogen and oxygen atoms in total. The second-order valence-corrected chi connectivity index (χ2v) is 3.68. The highest BCUT2D eigenvalue weighted by atomic mass is 15.3. The highest BCUT2D eigenvalue weighted by Gasteiger charge is 2.04. The zero-order chi connectivity index (χ0) is 12.4. The number of nitrogens with zero attached hydrogens (tertiary/aromatic N) is 5. The Bertz CT molecular complexity index is 662. The molecule has 3 rings (SSSR count). The Morgan fingerprint density at radius 2 is 2.00 bits per heavy atom. The first-order valence-corrected chi connectivity index (χ1v) is 5.37. The predicted molar refractivity (Wildman–Crippen MR) is 66.8 cm³/mol. The SMILES string of the molecule is Nc1cc(-c2ccnc(-n3cccn3)c2)ncn1. The number of pyridine rings is 1. The topological polar surface area (TPSA) is 82.5 Å². The van der Waals surface area contributed by atoms with E-state index in [9.17, 15) is 0 Å². The van der Waals surface area contributed by atoms with Crippen LogP contribution in [0.3, 0.4) is 0 Å². The third kappa shape index (κ3) is 1.91. The van der Waals surface area contributed by atoms with E-state index in [2.05, 4.69) is 20.1 Å². The monoisotopic (exact) mass is 238 g/mol. The lowest BCUT2D eigenvalue weighted by Crippen LogP contribution is -1.98. The van der Waals surface area contributed by atoms with Crippen LogP contribution in [0.1, 0.15) is 0 Å². The summed E-state index contributed by atoms with van der Waals surface area (Å²) >= 11 is 0. The summed E-state index contributed by atoms with van der Waals surface area (Å²) in [5, 5.41) is 4.14. The molecule has 3 aromatic heterocycles. The van der Waals surface area contributed by atoms with Crippen LogP contribution in [-0.4, -0.2) is 24.7 Å². The molecule has 0 saturated carbocycles. The predicted octanol–water partition coefficient (Wildman–Crippen LogP) is 1.31. The van der Waals surface area contributed by atoms with Crippen molar-refractivity contribution in [2.75, 3.05) is 5.73 Å². The summed E-state index contributed by atoms with van der Waals surface area (Å²) in [5.74, 6) is 1.17. The fourth-order valence-corrected chi connectivity index (χ4v) is 1.64. The van der Waals surface area contributed by atoms with Gasteiger partial charge in [0.25, 0.3) is 0 Å². The number of anilines is 1. The van der Waals surface area contributed by atoms with Crippen LogP contribution in [0.4, 0.5) is 5.82 Å². The quantitative estimate of drug-likeness (QED) is 0.727. The molecule has 0 bridgehead atoms. The Kier molecular flexibility index (Phi) is 2.45. The van der Waals surface area contributed by atoms with Gasteiger partial charge in [-0.15, -0.1) is 0 Å². The smallest absolute Gasteiger partial charge is 0.153 e. The highest BCUT2D eigenvalue weighted by molar-refractivity contribution is 5.62. The molecule has 0 aliphatic heterocycles. The summed E-state index contributed by atoms with van der Waals surface area (Å²) in [6.45, 7) is 0. The van der Waals surface area contributed by atoms with Crippen molar-refractivity contribution in [3.63, 3.8) is 0 Å². The molecule has 0 fully saturated rings. The molecule has 88 valence electrons. The van der Waals surface area contributed by atoms with Gasteiger partial charge in [-0.25, -0.2) is 19.6 Å². The van der Waals surface area contributed by atoms with Gasteiger partial charge >= 0.3 is 0 Å². The number of hydrogen-bond acceptors (Lipinski definition) is 5. The van der Waals surface area contributed by atoms with Crippen LogP contribution in [0.5, 0.6) is 0 Å². The molecule has 18 heavy (non-hydrogen) atoms. The van der Waals surface area contributed by atoms with Gasteiger partial charge in [-0.05, 0) is 18.2 Å². The second kappa shape index (κ2) is 4.25. The summed E-state index contributed by atoms with van der Waals surface area (Å²) in [5.41, 5.74) is 7.33. The summed E-state index contributed by atoms with van der Waals surface area (Å²) < 4.78 is 1.69. The Labute approximate surface area is 103 Å². The van der Waals surface area contributed by atoms with Gasteiger partial charge < -0.3 is 5.73 Å². The molecule has 0 unspecified atom stereocenters. The molecular formula is C12H10N6. The largest absolute Gasteiger partial charge is 0.384 e. The van der Waals surface area contributed by atoms with E-state index in [1.165, 1.54) is 6.33 Å². The molecule has 6 heteroatoms. The normalized spacial score (nSPS) is 10.4. The minimum Gasteiger partial charge on any atom is -0.384 e. The number of hydrogen-bond donors (Lipinski definition) is 1. The van der Waals surface area contributed by atoms with Crippen LogP contribution in [0, 0.1) is 0 Å². The highest BCUT2D eigenvalue weighted by Crippen LogP contribution is 2.18. The van der Waals surface area contributed by atoms with Crippen molar-refractivity contribution in [2.24, 2.45) is 0 Å². The molecular weight excluding hydrogens is 228 g/mol. The van der Waals surface area contributed by atoms with Crippen molar-refractivity contribution in [2.45, 2.75) is 0 Å². The zero-order valence-corrected chi connectivity index (χ0v) is 9.43. The van der Waals surface area contributed by atoms with E-state index < -0.39 is 0 Å². The number of aromatic nitrogens is 5. The molecule has 0 amide bonds. The molecule has 2 N–H and O–H groups in total. The van der Waals surface area contributed by atoms with E-state index >= 15 is 0 Å². The third-order valence-electron chi connectivity index (χ3n) is 2.47. The Morgan fingerprint density at radius 1 is 1.06 bits per heavy atom. The molecule has 0 saturated heterocycles. The molecule has 0 aliphatic carbocycles.